The molecule has 0 aliphatic carbocycles. The Labute approximate surface area is 207 Å². The number of nitro benzene ring substituents is 1. The normalized spacial score (nSPS) is 14.7. The van der Waals surface area contributed by atoms with Crippen molar-refractivity contribution in [2.45, 2.75) is 26.2 Å². The fourth-order valence-electron chi connectivity index (χ4n) is 4.53. The number of anilines is 1. The minimum Gasteiger partial charge on any atom is -0.363 e. The fourth-order valence-corrected chi connectivity index (χ4v) is 4.53. The summed E-state index contributed by atoms with van der Waals surface area (Å²) in [6, 6.07) is 8.86. The van der Waals surface area contributed by atoms with Gasteiger partial charge in [-0.05, 0) is 24.6 Å². The van der Waals surface area contributed by atoms with E-state index in [4.69, 9.17) is 0 Å². The van der Waals surface area contributed by atoms with Crippen LogP contribution in [0.25, 0.3) is 0 Å². The van der Waals surface area contributed by atoms with E-state index in [9.17, 15) is 37.3 Å². The Bertz CT molecular complexity index is 1440. The quantitative estimate of drug-likeness (QED) is 0.303. The zero-order valence-electron chi connectivity index (χ0n) is 19.7. The average Bonchev–Trinajstić information content (AvgIpc) is 2.83. The van der Waals surface area contributed by atoms with Crippen LogP contribution in [0.2, 0.25) is 0 Å². The summed E-state index contributed by atoms with van der Waals surface area (Å²) in [5.41, 5.74) is -2.51. The van der Waals surface area contributed by atoms with Crippen molar-refractivity contribution in [3.8, 4) is 0 Å². The second kappa shape index (κ2) is 10.2. The molecule has 9 nitrogen and oxygen atoms in total. The first kappa shape index (κ1) is 26.1. The summed E-state index contributed by atoms with van der Waals surface area (Å²) in [6.45, 7) is 2.91. The Morgan fingerprint density at radius 3 is 2.35 bits per heavy atom. The van der Waals surface area contributed by atoms with Crippen LogP contribution in [0.3, 0.4) is 0 Å². The van der Waals surface area contributed by atoms with Crippen molar-refractivity contribution in [1.29, 1.82) is 0 Å². The molecule has 0 atom stereocenters. The maximum Gasteiger partial charge on any atom is 0.416 e. The third kappa shape index (κ3) is 5.56. The summed E-state index contributed by atoms with van der Waals surface area (Å²) in [4.78, 5) is 41.7. The number of piperazine rings is 1. The lowest BCUT2D eigenvalue weighted by Gasteiger charge is -2.36. The lowest BCUT2D eigenvalue weighted by molar-refractivity contribution is -0.384. The summed E-state index contributed by atoms with van der Waals surface area (Å²) >= 11 is 0. The first-order valence-corrected chi connectivity index (χ1v) is 11.3. The molecular weight excluding hydrogens is 498 g/mol. The van der Waals surface area contributed by atoms with Gasteiger partial charge in [0.15, 0.2) is 0 Å². The molecule has 1 saturated heterocycles. The Morgan fingerprint density at radius 2 is 1.70 bits per heavy atom. The lowest BCUT2D eigenvalue weighted by Crippen LogP contribution is -2.49. The molecule has 1 aliphatic heterocycles. The highest BCUT2D eigenvalue weighted by molar-refractivity contribution is 5.49. The van der Waals surface area contributed by atoms with Crippen molar-refractivity contribution >= 4 is 11.4 Å². The van der Waals surface area contributed by atoms with Crippen LogP contribution in [0, 0.1) is 22.9 Å². The van der Waals surface area contributed by atoms with E-state index in [0.29, 0.717) is 32.7 Å². The number of halogens is 4. The van der Waals surface area contributed by atoms with Crippen molar-refractivity contribution in [3.63, 3.8) is 0 Å². The molecule has 0 spiro atoms. The molecule has 4 rings (SSSR count). The maximum atomic E-state index is 14.4. The van der Waals surface area contributed by atoms with Crippen LogP contribution >= 0.6 is 0 Å². The Kier molecular flexibility index (Phi) is 7.16. The molecular formula is C24H23F4N5O4. The van der Waals surface area contributed by atoms with Gasteiger partial charge in [0.05, 0.1) is 17.0 Å². The number of nitrogens with one attached hydrogen (secondary N) is 1. The number of rotatable bonds is 6. The smallest absolute Gasteiger partial charge is 0.363 e. The maximum absolute atomic E-state index is 14.4. The van der Waals surface area contributed by atoms with E-state index in [1.807, 2.05) is 4.90 Å². The van der Waals surface area contributed by atoms with Gasteiger partial charge in [-0.3, -0.25) is 29.4 Å². The minimum atomic E-state index is -4.82. The van der Waals surface area contributed by atoms with Crippen molar-refractivity contribution < 1.29 is 22.5 Å². The van der Waals surface area contributed by atoms with E-state index in [2.05, 4.69) is 4.98 Å². The van der Waals surface area contributed by atoms with Crippen LogP contribution in [-0.2, 0) is 19.3 Å². The molecule has 196 valence electrons. The van der Waals surface area contributed by atoms with Crippen molar-refractivity contribution in [2.24, 2.45) is 0 Å². The average molecular weight is 521 g/mol. The van der Waals surface area contributed by atoms with E-state index in [1.165, 1.54) is 19.1 Å². The minimum absolute atomic E-state index is 0.0101. The van der Waals surface area contributed by atoms with Gasteiger partial charge < -0.3 is 4.90 Å². The number of H-pyrrole nitrogens is 1. The molecule has 3 aromatic rings. The molecule has 2 aromatic carbocycles. The van der Waals surface area contributed by atoms with Crippen LogP contribution in [0.15, 0.2) is 52.1 Å². The number of aromatic nitrogens is 2. The second-order valence-corrected chi connectivity index (χ2v) is 8.73. The van der Waals surface area contributed by atoms with E-state index in [1.54, 1.807) is 17.0 Å². The fraction of sp³-hybridized carbons (Fsp3) is 0.333. The van der Waals surface area contributed by atoms with E-state index in [0.717, 1.165) is 28.3 Å². The van der Waals surface area contributed by atoms with Crippen LogP contribution in [-0.4, -0.2) is 45.6 Å². The third-order valence-corrected chi connectivity index (χ3v) is 6.38. The van der Waals surface area contributed by atoms with Gasteiger partial charge in [-0.15, -0.1) is 0 Å². The van der Waals surface area contributed by atoms with E-state index >= 15 is 0 Å². The van der Waals surface area contributed by atoms with Gasteiger partial charge in [0, 0.05) is 56.1 Å². The Hall–Kier alpha value is -4.00. The Morgan fingerprint density at radius 1 is 1.03 bits per heavy atom. The topological polar surface area (TPSA) is 104 Å². The molecule has 0 saturated carbocycles. The second-order valence-electron chi connectivity index (χ2n) is 8.73. The highest BCUT2D eigenvalue weighted by Crippen LogP contribution is 2.33. The number of benzene rings is 2. The van der Waals surface area contributed by atoms with Crippen molar-refractivity contribution in [2.75, 3.05) is 31.1 Å². The first-order chi connectivity index (χ1) is 17.5. The van der Waals surface area contributed by atoms with Crippen molar-refractivity contribution in [3.05, 3.63) is 102 Å². The number of nitro groups is 1. The summed E-state index contributed by atoms with van der Waals surface area (Å²) in [7, 11) is 0. The number of aromatic amines is 1. The molecule has 1 N–H and O–H groups in total. The highest BCUT2D eigenvalue weighted by atomic mass is 19.4. The zero-order valence-corrected chi connectivity index (χ0v) is 19.7. The summed E-state index contributed by atoms with van der Waals surface area (Å²) in [5, 5.41) is 11.0. The number of alkyl halides is 3. The largest absolute Gasteiger partial charge is 0.416 e. The van der Waals surface area contributed by atoms with Crippen LogP contribution in [0.4, 0.5) is 28.9 Å². The van der Waals surface area contributed by atoms with E-state index < -0.39 is 45.8 Å². The highest BCUT2D eigenvalue weighted by Gasteiger charge is 2.35. The number of non-ortho nitro benzene ring substituents is 1. The van der Waals surface area contributed by atoms with Gasteiger partial charge in [0.25, 0.3) is 11.2 Å². The SMILES string of the molecule is Cc1c(N2CCN(Cc3cccc([N+](=O)[O-])c3)CC2)c(=O)[nH]c(=O)n1Cc1c(F)cccc1C(F)(F)F. The number of hydrogen-bond acceptors (Lipinski definition) is 6. The lowest BCUT2D eigenvalue weighted by atomic mass is 10.1. The van der Waals surface area contributed by atoms with Gasteiger partial charge in [0.1, 0.15) is 11.5 Å². The third-order valence-electron chi connectivity index (χ3n) is 6.38. The molecule has 1 fully saturated rings. The van der Waals surface area contributed by atoms with Crippen LogP contribution < -0.4 is 16.1 Å². The van der Waals surface area contributed by atoms with Gasteiger partial charge >= 0.3 is 11.9 Å². The summed E-state index contributed by atoms with van der Waals surface area (Å²) in [5.74, 6) is -1.11. The predicted octanol–water partition coefficient (Wildman–Crippen LogP) is 3.28. The van der Waals surface area contributed by atoms with Crippen LogP contribution in [0.5, 0.6) is 0 Å². The summed E-state index contributed by atoms with van der Waals surface area (Å²) < 4.78 is 55.7. The standard InChI is InChI=1S/C24H23F4N5O4/c1-15-21(31-10-8-30(9-11-31)13-16-4-2-5-17(12-16)33(36)37)22(34)29-23(35)32(15)14-18-19(24(26,27)28)6-3-7-20(18)25/h2-7,12H,8-11,13-14H2,1H3,(H,29,34,35). The van der Waals surface area contributed by atoms with Crippen molar-refractivity contribution in [1.82, 2.24) is 14.5 Å². The molecule has 0 bridgehead atoms. The van der Waals surface area contributed by atoms with Gasteiger partial charge in [-0.2, -0.15) is 13.2 Å². The molecule has 0 radical (unpaired) electrons. The monoisotopic (exact) mass is 521 g/mol. The first-order valence-electron chi connectivity index (χ1n) is 11.3. The van der Waals surface area contributed by atoms with Gasteiger partial charge in [-0.25, -0.2) is 9.18 Å². The molecule has 1 aromatic heterocycles. The molecule has 0 unspecified atom stereocenters. The summed E-state index contributed by atoms with van der Waals surface area (Å²) in [6.07, 6.45) is -4.82. The zero-order chi connectivity index (χ0) is 26.9. The molecule has 2 heterocycles. The van der Waals surface area contributed by atoms with E-state index in [-0.39, 0.29) is 17.1 Å². The molecule has 0 amide bonds. The van der Waals surface area contributed by atoms with Gasteiger partial charge in [0.2, 0.25) is 0 Å². The van der Waals surface area contributed by atoms with Crippen LogP contribution in [0.1, 0.15) is 22.4 Å². The Balaban J connectivity index is 1.57. The molecule has 13 heteroatoms. The number of hydrogen-bond donors (Lipinski definition) is 1. The predicted molar refractivity (Wildman–Crippen MR) is 127 cm³/mol. The molecule has 37 heavy (non-hydrogen) atoms. The van der Waals surface area contributed by atoms with Gasteiger partial charge in [-0.1, -0.05) is 18.2 Å². The number of nitrogens with zero attached hydrogens (tertiary/aromatic N) is 4. The molecule has 1 aliphatic rings.